The molecule has 2 amide bonds. The van der Waals surface area contributed by atoms with Gasteiger partial charge in [0.15, 0.2) is 0 Å². The second-order valence-electron chi connectivity index (χ2n) is 4.08. The van der Waals surface area contributed by atoms with Crippen LogP contribution in [0.15, 0.2) is 24.3 Å². The fraction of sp³-hybridized carbons (Fsp3) is 0.385. The van der Waals surface area contributed by atoms with E-state index in [4.69, 9.17) is 10.5 Å². The topological polar surface area (TPSA) is 84.7 Å². The first-order valence-corrected chi connectivity index (χ1v) is 5.90. The summed E-state index contributed by atoms with van der Waals surface area (Å²) in [5.41, 5.74) is 6.12. The molecule has 0 fully saturated rings. The molecule has 6 nitrogen and oxygen atoms in total. The Bertz CT molecular complexity index is 431. The van der Waals surface area contributed by atoms with Crippen LogP contribution in [0.3, 0.4) is 0 Å². The molecule has 0 bridgehead atoms. The van der Waals surface area contributed by atoms with Gasteiger partial charge in [0.25, 0.3) is 0 Å². The minimum atomic E-state index is -0.341. The van der Waals surface area contributed by atoms with E-state index < -0.39 is 0 Å². The molecule has 104 valence electrons. The van der Waals surface area contributed by atoms with Crippen LogP contribution in [0.1, 0.15) is 5.56 Å². The predicted molar refractivity (Wildman–Crippen MR) is 71.5 cm³/mol. The van der Waals surface area contributed by atoms with E-state index in [2.05, 4.69) is 5.32 Å². The van der Waals surface area contributed by atoms with Crippen molar-refractivity contribution in [2.45, 2.75) is 6.54 Å². The van der Waals surface area contributed by atoms with E-state index in [1.807, 2.05) is 24.3 Å². The van der Waals surface area contributed by atoms with Gasteiger partial charge < -0.3 is 20.7 Å². The molecule has 19 heavy (non-hydrogen) atoms. The molecule has 1 aromatic rings. The van der Waals surface area contributed by atoms with Crippen LogP contribution in [-0.2, 0) is 16.1 Å². The normalized spacial score (nSPS) is 9.84. The second kappa shape index (κ2) is 7.38. The van der Waals surface area contributed by atoms with Gasteiger partial charge in [-0.1, -0.05) is 12.1 Å². The molecule has 1 aromatic carbocycles. The predicted octanol–water partition coefficient (Wildman–Crippen LogP) is -0.271. The summed E-state index contributed by atoms with van der Waals surface area (Å²) in [6.07, 6.45) is 0. The first-order valence-electron chi connectivity index (χ1n) is 5.90. The van der Waals surface area contributed by atoms with E-state index in [9.17, 15) is 9.59 Å². The molecule has 0 radical (unpaired) electrons. The van der Waals surface area contributed by atoms with Gasteiger partial charge in [0.2, 0.25) is 11.8 Å². The number of nitrogens with one attached hydrogen (secondary N) is 1. The monoisotopic (exact) mass is 265 g/mol. The summed E-state index contributed by atoms with van der Waals surface area (Å²) < 4.78 is 5.06. The van der Waals surface area contributed by atoms with E-state index in [1.54, 1.807) is 19.1 Å². The van der Waals surface area contributed by atoms with Crippen molar-refractivity contribution in [2.24, 2.45) is 5.73 Å². The van der Waals surface area contributed by atoms with E-state index in [1.165, 1.54) is 0 Å². The van der Waals surface area contributed by atoms with Gasteiger partial charge in [-0.15, -0.1) is 0 Å². The quantitative estimate of drug-likeness (QED) is 0.741. The van der Waals surface area contributed by atoms with Crippen molar-refractivity contribution in [3.8, 4) is 5.75 Å². The average molecular weight is 265 g/mol. The van der Waals surface area contributed by atoms with Crippen molar-refractivity contribution in [3.05, 3.63) is 29.8 Å². The van der Waals surface area contributed by atoms with Gasteiger partial charge in [0, 0.05) is 13.6 Å². The molecule has 6 heteroatoms. The maximum absolute atomic E-state index is 11.7. The fourth-order valence-corrected chi connectivity index (χ4v) is 1.47. The Morgan fingerprint density at radius 1 is 1.32 bits per heavy atom. The SMILES string of the molecule is COc1ccc(CN(C)C(=O)CNC(=O)CN)cc1. The van der Waals surface area contributed by atoms with Crippen molar-refractivity contribution in [1.82, 2.24) is 10.2 Å². The lowest BCUT2D eigenvalue weighted by Crippen LogP contribution is -2.40. The Morgan fingerprint density at radius 3 is 2.47 bits per heavy atom. The molecule has 0 aliphatic heterocycles. The number of carbonyl (C=O) groups excluding carboxylic acids is 2. The summed E-state index contributed by atoms with van der Waals surface area (Å²) in [6, 6.07) is 7.45. The Balaban J connectivity index is 2.46. The van der Waals surface area contributed by atoms with Gasteiger partial charge in [-0.3, -0.25) is 9.59 Å². The van der Waals surface area contributed by atoms with Crippen molar-refractivity contribution >= 4 is 11.8 Å². The van der Waals surface area contributed by atoms with E-state index in [0.29, 0.717) is 6.54 Å². The van der Waals surface area contributed by atoms with Gasteiger partial charge in [-0.05, 0) is 17.7 Å². The van der Waals surface area contributed by atoms with Gasteiger partial charge in [0.1, 0.15) is 5.75 Å². The molecule has 0 aliphatic carbocycles. The van der Waals surface area contributed by atoms with Gasteiger partial charge in [-0.25, -0.2) is 0 Å². The Morgan fingerprint density at radius 2 is 1.95 bits per heavy atom. The average Bonchev–Trinajstić information content (AvgIpc) is 2.44. The Kier molecular flexibility index (Phi) is 5.81. The molecule has 0 unspecified atom stereocenters. The number of hydrogen-bond donors (Lipinski definition) is 2. The number of methoxy groups -OCH3 is 1. The Labute approximate surface area is 112 Å². The molecule has 0 heterocycles. The van der Waals surface area contributed by atoms with Crippen LogP contribution in [0.4, 0.5) is 0 Å². The highest BCUT2D eigenvalue weighted by molar-refractivity contribution is 5.85. The molecule has 0 atom stereocenters. The third-order valence-corrected chi connectivity index (χ3v) is 2.63. The molecular weight excluding hydrogens is 246 g/mol. The zero-order chi connectivity index (χ0) is 14.3. The second-order valence-corrected chi connectivity index (χ2v) is 4.08. The number of rotatable bonds is 6. The van der Waals surface area contributed by atoms with Gasteiger partial charge in [-0.2, -0.15) is 0 Å². The van der Waals surface area contributed by atoms with Crippen LogP contribution in [0.5, 0.6) is 5.75 Å². The standard InChI is InChI=1S/C13H19N3O3/c1-16(13(18)8-15-12(17)7-14)9-10-3-5-11(19-2)6-4-10/h3-6H,7-9,14H2,1-2H3,(H,15,17). The molecule has 0 aliphatic rings. The van der Waals surface area contributed by atoms with Crippen LogP contribution < -0.4 is 15.8 Å². The molecule has 3 N–H and O–H groups in total. The van der Waals surface area contributed by atoms with Crippen LogP contribution in [0, 0.1) is 0 Å². The highest BCUT2D eigenvalue weighted by atomic mass is 16.5. The number of hydrogen-bond acceptors (Lipinski definition) is 4. The maximum atomic E-state index is 11.7. The van der Waals surface area contributed by atoms with E-state index in [-0.39, 0.29) is 24.9 Å². The third-order valence-electron chi connectivity index (χ3n) is 2.63. The number of amides is 2. The first kappa shape index (κ1) is 15.0. The van der Waals surface area contributed by atoms with Gasteiger partial charge in [0.05, 0.1) is 20.2 Å². The first-order chi connectivity index (χ1) is 9.06. The summed E-state index contributed by atoms with van der Waals surface area (Å²) in [7, 11) is 3.28. The lowest BCUT2D eigenvalue weighted by Gasteiger charge is -2.17. The lowest BCUT2D eigenvalue weighted by molar-refractivity contribution is -0.131. The molecule has 0 aromatic heterocycles. The van der Waals surface area contributed by atoms with Gasteiger partial charge >= 0.3 is 0 Å². The largest absolute Gasteiger partial charge is 0.497 e. The third kappa shape index (κ3) is 4.97. The van der Waals surface area contributed by atoms with Crippen LogP contribution in [-0.4, -0.2) is 44.0 Å². The minimum Gasteiger partial charge on any atom is -0.497 e. The van der Waals surface area contributed by atoms with Crippen molar-refractivity contribution in [1.29, 1.82) is 0 Å². The van der Waals surface area contributed by atoms with Crippen LogP contribution in [0.25, 0.3) is 0 Å². The molecule has 0 saturated heterocycles. The fourth-order valence-electron chi connectivity index (χ4n) is 1.47. The van der Waals surface area contributed by atoms with Crippen LogP contribution in [0.2, 0.25) is 0 Å². The summed E-state index contributed by atoms with van der Waals surface area (Å²) >= 11 is 0. The van der Waals surface area contributed by atoms with Crippen molar-refractivity contribution in [2.75, 3.05) is 27.2 Å². The molecule has 0 saturated carbocycles. The molecule has 0 spiro atoms. The summed E-state index contributed by atoms with van der Waals surface area (Å²) in [5.74, 6) is 0.261. The zero-order valence-corrected chi connectivity index (χ0v) is 11.2. The summed E-state index contributed by atoms with van der Waals surface area (Å²) in [5, 5.41) is 2.44. The van der Waals surface area contributed by atoms with E-state index >= 15 is 0 Å². The molecule has 1 rings (SSSR count). The number of nitrogens with zero attached hydrogens (tertiary/aromatic N) is 1. The van der Waals surface area contributed by atoms with Crippen molar-refractivity contribution < 1.29 is 14.3 Å². The number of benzene rings is 1. The smallest absolute Gasteiger partial charge is 0.242 e. The maximum Gasteiger partial charge on any atom is 0.242 e. The Hall–Kier alpha value is -2.08. The zero-order valence-electron chi connectivity index (χ0n) is 11.2. The highest BCUT2D eigenvalue weighted by Crippen LogP contribution is 2.12. The van der Waals surface area contributed by atoms with E-state index in [0.717, 1.165) is 11.3 Å². The summed E-state index contributed by atoms with van der Waals surface area (Å²) in [4.78, 5) is 24.2. The number of likely N-dealkylation sites (N-methyl/N-ethyl adjacent to an activating group) is 1. The number of carbonyl (C=O) groups is 2. The highest BCUT2D eigenvalue weighted by Gasteiger charge is 2.10. The summed E-state index contributed by atoms with van der Waals surface area (Å²) in [6.45, 7) is 0.319. The van der Waals surface area contributed by atoms with Crippen molar-refractivity contribution in [3.63, 3.8) is 0 Å². The number of nitrogens with two attached hydrogens (primary N) is 1. The molecular formula is C13H19N3O3. The van der Waals surface area contributed by atoms with Crippen LogP contribution >= 0.6 is 0 Å². The number of ether oxygens (including phenoxy) is 1. The lowest BCUT2D eigenvalue weighted by atomic mass is 10.2. The minimum absolute atomic E-state index is 0.0390.